The van der Waals surface area contributed by atoms with Gasteiger partial charge in [-0.15, -0.1) is 0 Å². The standard InChI is InChI=1S/C24H33N3O5S/c1-5-6-10-19(2)25-26-24(28)18-27(16-15-20-11-8-7-9-12-20)33(29,30)21-13-14-22(31-3)23(17-21)32-4/h7-9,11-14,17H,5-6,10,15-16,18H2,1-4H3,(H,26,28)/b25-19+. The van der Waals surface area contributed by atoms with E-state index < -0.39 is 15.9 Å². The predicted octanol–water partition coefficient (Wildman–Crippen LogP) is 3.62. The van der Waals surface area contributed by atoms with E-state index in [4.69, 9.17) is 9.47 Å². The van der Waals surface area contributed by atoms with Crippen LogP contribution in [-0.2, 0) is 21.2 Å². The fourth-order valence-corrected chi connectivity index (χ4v) is 4.56. The van der Waals surface area contributed by atoms with Crippen LogP contribution in [0.2, 0.25) is 0 Å². The van der Waals surface area contributed by atoms with E-state index in [-0.39, 0.29) is 18.0 Å². The Bertz CT molecular complexity index is 1040. The van der Waals surface area contributed by atoms with Gasteiger partial charge in [-0.3, -0.25) is 4.79 Å². The van der Waals surface area contributed by atoms with Gasteiger partial charge in [0.05, 0.1) is 25.7 Å². The largest absolute Gasteiger partial charge is 0.493 e. The maximum absolute atomic E-state index is 13.5. The molecular formula is C24H33N3O5S. The Morgan fingerprint density at radius 2 is 1.76 bits per heavy atom. The molecule has 9 heteroatoms. The molecule has 33 heavy (non-hydrogen) atoms. The van der Waals surface area contributed by atoms with E-state index >= 15 is 0 Å². The molecule has 2 rings (SSSR count). The molecule has 0 aliphatic rings. The number of amides is 1. The van der Waals surface area contributed by atoms with E-state index in [1.165, 1.54) is 32.4 Å². The quantitative estimate of drug-likeness (QED) is 0.353. The lowest BCUT2D eigenvalue weighted by atomic mass is 10.1. The van der Waals surface area contributed by atoms with Crippen molar-refractivity contribution in [1.82, 2.24) is 9.73 Å². The molecule has 2 aromatic rings. The molecule has 1 amide bonds. The van der Waals surface area contributed by atoms with Gasteiger partial charge in [0.2, 0.25) is 10.0 Å². The topological polar surface area (TPSA) is 97.3 Å². The third kappa shape index (κ3) is 7.87. The highest BCUT2D eigenvalue weighted by Gasteiger charge is 2.27. The van der Waals surface area contributed by atoms with Crippen LogP contribution in [0.3, 0.4) is 0 Å². The molecule has 2 aromatic carbocycles. The van der Waals surface area contributed by atoms with Crippen LogP contribution in [0.25, 0.3) is 0 Å². The molecule has 0 aliphatic carbocycles. The number of carbonyl (C=O) groups is 1. The first-order chi connectivity index (χ1) is 15.8. The van der Waals surface area contributed by atoms with Gasteiger partial charge in [0.15, 0.2) is 11.5 Å². The van der Waals surface area contributed by atoms with Gasteiger partial charge in [0.1, 0.15) is 0 Å². The van der Waals surface area contributed by atoms with Crippen molar-refractivity contribution in [2.75, 3.05) is 27.3 Å². The summed E-state index contributed by atoms with van der Waals surface area (Å²) in [5.74, 6) is 0.215. The minimum atomic E-state index is -3.99. The van der Waals surface area contributed by atoms with Crippen LogP contribution in [0.1, 0.15) is 38.7 Å². The average molecular weight is 476 g/mol. The van der Waals surface area contributed by atoms with Gasteiger partial charge in [0.25, 0.3) is 5.91 Å². The fraction of sp³-hybridized carbons (Fsp3) is 0.417. The third-order valence-corrected chi connectivity index (χ3v) is 6.91. The van der Waals surface area contributed by atoms with E-state index in [0.717, 1.165) is 34.8 Å². The number of methoxy groups -OCH3 is 2. The number of benzene rings is 2. The molecule has 0 saturated heterocycles. The first kappa shape index (κ1) is 26.3. The minimum Gasteiger partial charge on any atom is -0.493 e. The van der Waals surface area contributed by atoms with Crippen LogP contribution in [-0.4, -0.2) is 51.7 Å². The lowest BCUT2D eigenvalue weighted by molar-refractivity contribution is -0.121. The highest BCUT2D eigenvalue weighted by molar-refractivity contribution is 7.89. The van der Waals surface area contributed by atoms with Crippen molar-refractivity contribution in [3.8, 4) is 11.5 Å². The van der Waals surface area contributed by atoms with Crippen molar-refractivity contribution < 1.29 is 22.7 Å². The van der Waals surface area contributed by atoms with Gasteiger partial charge in [0, 0.05) is 18.3 Å². The summed E-state index contributed by atoms with van der Waals surface area (Å²) < 4.78 is 38.5. The van der Waals surface area contributed by atoms with Crippen LogP contribution >= 0.6 is 0 Å². The van der Waals surface area contributed by atoms with Crippen molar-refractivity contribution in [2.45, 2.75) is 44.4 Å². The monoisotopic (exact) mass is 475 g/mol. The lowest BCUT2D eigenvalue weighted by Crippen LogP contribution is -2.40. The van der Waals surface area contributed by atoms with Crippen molar-refractivity contribution in [3.05, 3.63) is 54.1 Å². The van der Waals surface area contributed by atoms with Gasteiger partial charge in [-0.2, -0.15) is 9.41 Å². The zero-order valence-electron chi connectivity index (χ0n) is 19.7. The molecule has 0 radical (unpaired) electrons. The van der Waals surface area contributed by atoms with Crippen LogP contribution in [0.15, 0.2) is 58.5 Å². The summed E-state index contributed by atoms with van der Waals surface area (Å²) in [7, 11) is -1.07. The van der Waals surface area contributed by atoms with Gasteiger partial charge < -0.3 is 9.47 Å². The van der Waals surface area contributed by atoms with E-state index in [1.807, 2.05) is 37.3 Å². The average Bonchev–Trinajstić information content (AvgIpc) is 2.83. The molecule has 0 atom stereocenters. The number of rotatable bonds is 13. The smallest absolute Gasteiger partial charge is 0.255 e. The molecule has 0 aromatic heterocycles. The Labute approximate surface area is 196 Å². The lowest BCUT2D eigenvalue weighted by Gasteiger charge is -2.22. The predicted molar refractivity (Wildman–Crippen MR) is 129 cm³/mol. The zero-order chi connectivity index (χ0) is 24.3. The van der Waals surface area contributed by atoms with Gasteiger partial charge in [-0.05, 0) is 43.9 Å². The Balaban J connectivity index is 2.26. The molecule has 1 N–H and O–H groups in total. The van der Waals surface area contributed by atoms with Crippen LogP contribution in [0, 0.1) is 0 Å². The molecule has 0 spiro atoms. The SMILES string of the molecule is CCCC/C(C)=N/NC(=O)CN(CCc1ccccc1)S(=O)(=O)c1ccc(OC)c(OC)c1. The summed E-state index contributed by atoms with van der Waals surface area (Å²) in [6.07, 6.45) is 3.23. The summed E-state index contributed by atoms with van der Waals surface area (Å²) >= 11 is 0. The van der Waals surface area contributed by atoms with Crippen LogP contribution in [0.5, 0.6) is 11.5 Å². The minimum absolute atomic E-state index is 0.0173. The summed E-state index contributed by atoms with van der Waals surface area (Å²) in [5.41, 5.74) is 4.25. The molecule has 0 aliphatic heterocycles. The van der Waals surface area contributed by atoms with Crippen molar-refractivity contribution in [2.24, 2.45) is 5.10 Å². The summed E-state index contributed by atoms with van der Waals surface area (Å²) in [5, 5.41) is 4.10. The number of carbonyl (C=O) groups excluding carboxylic acids is 1. The number of hydrazone groups is 1. The number of sulfonamides is 1. The van der Waals surface area contributed by atoms with Gasteiger partial charge >= 0.3 is 0 Å². The molecule has 0 heterocycles. The normalized spacial score (nSPS) is 12.0. The molecule has 180 valence electrons. The third-order valence-electron chi connectivity index (χ3n) is 5.07. The number of nitrogens with one attached hydrogen (secondary N) is 1. The van der Waals surface area contributed by atoms with Crippen molar-refractivity contribution >= 4 is 21.6 Å². The van der Waals surface area contributed by atoms with Crippen LogP contribution < -0.4 is 14.9 Å². The number of hydrogen-bond donors (Lipinski definition) is 1. The number of hydrogen-bond acceptors (Lipinski definition) is 6. The Hall–Kier alpha value is -2.91. The Kier molecular flexibility index (Phi) is 10.3. The van der Waals surface area contributed by atoms with Gasteiger partial charge in [-0.1, -0.05) is 43.7 Å². The second-order valence-electron chi connectivity index (χ2n) is 7.58. The maximum atomic E-state index is 13.5. The summed E-state index contributed by atoms with van der Waals surface area (Å²) in [4.78, 5) is 12.6. The molecular weight excluding hydrogens is 442 g/mol. The van der Waals surface area contributed by atoms with Crippen LogP contribution in [0.4, 0.5) is 0 Å². The van der Waals surface area contributed by atoms with E-state index in [0.29, 0.717) is 17.9 Å². The second-order valence-corrected chi connectivity index (χ2v) is 9.51. The maximum Gasteiger partial charge on any atom is 0.255 e. The Morgan fingerprint density at radius 3 is 2.39 bits per heavy atom. The molecule has 0 saturated carbocycles. The Morgan fingerprint density at radius 1 is 1.06 bits per heavy atom. The zero-order valence-corrected chi connectivity index (χ0v) is 20.5. The first-order valence-electron chi connectivity index (χ1n) is 10.9. The number of unbranched alkanes of at least 4 members (excludes halogenated alkanes) is 1. The van der Waals surface area contributed by atoms with E-state index in [9.17, 15) is 13.2 Å². The highest BCUT2D eigenvalue weighted by atomic mass is 32.2. The highest BCUT2D eigenvalue weighted by Crippen LogP contribution is 2.30. The van der Waals surface area contributed by atoms with Crippen molar-refractivity contribution in [1.29, 1.82) is 0 Å². The molecule has 0 bridgehead atoms. The summed E-state index contributed by atoms with van der Waals surface area (Å²) in [6, 6.07) is 13.9. The van der Waals surface area contributed by atoms with Crippen molar-refractivity contribution in [3.63, 3.8) is 0 Å². The molecule has 8 nitrogen and oxygen atoms in total. The summed E-state index contributed by atoms with van der Waals surface area (Å²) in [6.45, 7) is 3.69. The van der Waals surface area contributed by atoms with E-state index in [1.54, 1.807) is 0 Å². The number of ether oxygens (including phenoxy) is 2. The molecule has 0 fully saturated rings. The molecule has 0 unspecified atom stereocenters. The van der Waals surface area contributed by atoms with E-state index in [2.05, 4.69) is 17.5 Å². The van der Waals surface area contributed by atoms with Gasteiger partial charge in [-0.25, -0.2) is 13.8 Å². The fourth-order valence-electron chi connectivity index (χ4n) is 3.15. The number of nitrogens with zero attached hydrogens (tertiary/aromatic N) is 2. The second kappa shape index (κ2) is 13.0. The first-order valence-corrected chi connectivity index (χ1v) is 12.3.